The van der Waals surface area contributed by atoms with E-state index in [-0.39, 0.29) is 5.73 Å². The molecule has 3 atom stereocenters. The second-order valence-electron chi connectivity index (χ2n) is 5.08. The van der Waals surface area contributed by atoms with Gasteiger partial charge in [0, 0.05) is 6.61 Å². The molecule has 4 nitrogen and oxygen atoms in total. The van der Waals surface area contributed by atoms with E-state index >= 15 is 0 Å². The summed E-state index contributed by atoms with van der Waals surface area (Å²) >= 11 is 0. The largest absolute Gasteiger partial charge is 0.420 e. The number of hydrogen-bond donors (Lipinski definition) is 0. The Bertz CT molecular complexity index is 243. The Morgan fingerprint density at radius 3 is 2.05 bits per heavy atom. The summed E-state index contributed by atoms with van der Waals surface area (Å²) in [6.07, 6.45) is 2.27. The van der Waals surface area contributed by atoms with Crippen LogP contribution in [0, 0.1) is 0 Å². The fourth-order valence-corrected chi connectivity index (χ4v) is 16.0. The Labute approximate surface area is 122 Å². The highest BCUT2D eigenvalue weighted by Crippen LogP contribution is 2.29. The fourth-order valence-electron chi connectivity index (χ4n) is 2.23. The second kappa shape index (κ2) is 8.71. The predicted octanol–water partition coefficient (Wildman–Crippen LogP) is 2.74. The first kappa shape index (κ1) is 17.5. The first-order chi connectivity index (χ1) is 9.11. The van der Waals surface area contributed by atoms with Gasteiger partial charge in [-0.05, 0) is 31.5 Å². The summed E-state index contributed by atoms with van der Waals surface area (Å²) in [7, 11) is -5.21. The molecular weight excluding hydrogens is 292 g/mol. The van der Waals surface area contributed by atoms with Gasteiger partial charge in [0.2, 0.25) is 0 Å². The zero-order valence-electron chi connectivity index (χ0n) is 13.1. The van der Waals surface area contributed by atoms with Gasteiger partial charge >= 0.3 is 27.1 Å². The van der Waals surface area contributed by atoms with Gasteiger partial charge in [0.15, 0.2) is 0 Å². The van der Waals surface area contributed by atoms with Gasteiger partial charge in [-0.3, -0.25) is 0 Å². The number of rotatable bonds is 8. The van der Waals surface area contributed by atoms with E-state index in [2.05, 4.69) is 34.6 Å². The molecule has 0 aliphatic carbocycles. The van der Waals surface area contributed by atoms with Crippen LogP contribution in [-0.4, -0.2) is 39.5 Å². The fraction of sp³-hybridized carbons (Fsp3) is 1.00. The topological polar surface area (TPSA) is 36.9 Å². The van der Waals surface area contributed by atoms with Crippen molar-refractivity contribution in [1.82, 2.24) is 0 Å². The minimum absolute atomic E-state index is 0.121. The third kappa shape index (κ3) is 4.76. The van der Waals surface area contributed by atoms with Crippen molar-refractivity contribution in [3.8, 4) is 0 Å². The molecule has 7 heteroatoms. The van der Waals surface area contributed by atoms with Crippen LogP contribution in [-0.2, 0) is 17.1 Å². The lowest BCUT2D eigenvalue weighted by Gasteiger charge is -2.44. The van der Waals surface area contributed by atoms with Crippen LogP contribution in [0.5, 0.6) is 0 Å². The van der Waals surface area contributed by atoms with Gasteiger partial charge in [-0.15, -0.1) is 0 Å². The average molecular weight is 323 g/mol. The average Bonchev–Trinajstić information content (AvgIpc) is 2.46. The lowest BCUT2D eigenvalue weighted by Crippen LogP contribution is -2.63. The van der Waals surface area contributed by atoms with Crippen LogP contribution in [0.1, 0.15) is 47.5 Å². The van der Waals surface area contributed by atoms with E-state index in [1.165, 1.54) is 0 Å². The molecule has 0 radical (unpaired) electrons. The molecule has 3 unspecified atom stereocenters. The molecule has 1 heterocycles. The van der Waals surface area contributed by atoms with Crippen LogP contribution in [0.15, 0.2) is 0 Å². The Hall–Kier alpha value is 0.491. The van der Waals surface area contributed by atoms with Crippen LogP contribution in [0.4, 0.5) is 0 Å². The van der Waals surface area contributed by atoms with Gasteiger partial charge in [-0.25, -0.2) is 0 Å². The van der Waals surface area contributed by atoms with Gasteiger partial charge in [-0.1, -0.05) is 34.1 Å². The molecule has 0 saturated carbocycles. The van der Waals surface area contributed by atoms with Crippen LogP contribution in [0.2, 0.25) is 18.1 Å². The summed E-state index contributed by atoms with van der Waals surface area (Å²) in [5, 5.41) is 0. The van der Waals surface area contributed by atoms with E-state index in [4.69, 9.17) is 17.1 Å². The summed E-state index contributed by atoms with van der Waals surface area (Å²) in [5.74, 6) is 0. The molecule has 1 fully saturated rings. The lowest BCUT2D eigenvalue weighted by atomic mass is 10.4. The van der Waals surface area contributed by atoms with Gasteiger partial charge in [-0.2, -0.15) is 0 Å². The number of hydrogen-bond acceptors (Lipinski definition) is 4. The summed E-state index contributed by atoms with van der Waals surface area (Å²) in [6.45, 7) is 11.7. The minimum Gasteiger partial charge on any atom is -0.420 e. The van der Waals surface area contributed by atoms with Crippen molar-refractivity contribution in [2.75, 3.05) is 6.61 Å². The van der Waals surface area contributed by atoms with Crippen LogP contribution in [0.3, 0.4) is 0 Å². The molecule has 0 aromatic carbocycles. The van der Waals surface area contributed by atoms with E-state index in [0.29, 0.717) is 0 Å². The lowest BCUT2D eigenvalue weighted by molar-refractivity contribution is 0.0751. The van der Waals surface area contributed by atoms with Crippen molar-refractivity contribution in [3.63, 3.8) is 0 Å². The van der Waals surface area contributed by atoms with Crippen molar-refractivity contribution in [1.29, 1.82) is 0 Å². The van der Waals surface area contributed by atoms with Gasteiger partial charge in [0.05, 0.1) is 5.73 Å². The monoisotopic (exact) mass is 322 g/mol. The van der Waals surface area contributed by atoms with E-state index < -0.39 is 27.1 Å². The van der Waals surface area contributed by atoms with Crippen molar-refractivity contribution < 1.29 is 17.1 Å². The summed E-state index contributed by atoms with van der Waals surface area (Å²) in [6, 6.07) is 3.03. The van der Waals surface area contributed by atoms with Crippen LogP contribution in [0.25, 0.3) is 0 Å². The third-order valence-corrected chi connectivity index (χ3v) is 15.1. The molecule has 1 saturated heterocycles. The van der Waals surface area contributed by atoms with Crippen molar-refractivity contribution in [2.45, 2.75) is 71.3 Å². The standard InChI is InChI=1S/C12H30O4Si3/c1-6-10-11-13-12(5)19(9-4)15-17(7-2)14-18(8-3)16-19/h12,17-18H,6-11H2,1-5H3. The highest BCUT2D eigenvalue weighted by atomic mass is 28.5. The van der Waals surface area contributed by atoms with Gasteiger partial charge in [0.1, 0.15) is 0 Å². The first-order valence-corrected chi connectivity index (χ1v) is 13.4. The van der Waals surface area contributed by atoms with Gasteiger partial charge < -0.3 is 17.1 Å². The molecule has 0 bridgehead atoms. The number of unbranched alkanes of at least 4 members (excludes halogenated alkanes) is 1. The highest BCUT2D eigenvalue weighted by Gasteiger charge is 2.50. The molecule has 114 valence electrons. The SMILES string of the molecule is CCCCOC(C)[Si]1(CC)O[SiH](CC)O[SiH](CC)O1. The summed E-state index contributed by atoms with van der Waals surface area (Å²) in [5.41, 5.74) is 0.121. The Morgan fingerprint density at radius 1 is 1.05 bits per heavy atom. The molecule has 0 spiro atoms. The van der Waals surface area contributed by atoms with E-state index in [1.807, 2.05) is 0 Å². The molecule has 19 heavy (non-hydrogen) atoms. The highest BCUT2D eigenvalue weighted by molar-refractivity contribution is 6.84. The molecule has 1 rings (SSSR count). The molecule has 1 aliphatic heterocycles. The molecule has 0 N–H and O–H groups in total. The zero-order chi connectivity index (χ0) is 14.3. The van der Waals surface area contributed by atoms with E-state index in [0.717, 1.165) is 37.6 Å². The summed E-state index contributed by atoms with van der Waals surface area (Å²) < 4.78 is 24.7. The predicted molar refractivity (Wildman–Crippen MR) is 85.1 cm³/mol. The Kier molecular flexibility index (Phi) is 8.04. The molecule has 1 aliphatic rings. The quantitative estimate of drug-likeness (QED) is 0.508. The molecule has 0 aromatic rings. The minimum atomic E-state index is -2.20. The van der Waals surface area contributed by atoms with Crippen LogP contribution < -0.4 is 0 Å². The molecular formula is C12H30O4Si3. The smallest absolute Gasteiger partial charge is 0.349 e. The first-order valence-electron chi connectivity index (χ1n) is 7.74. The van der Waals surface area contributed by atoms with E-state index in [1.54, 1.807) is 0 Å². The van der Waals surface area contributed by atoms with Crippen LogP contribution >= 0.6 is 0 Å². The zero-order valence-corrected chi connectivity index (χ0v) is 16.4. The van der Waals surface area contributed by atoms with E-state index in [9.17, 15) is 0 Å². The van der Waals surface area contributed by atoms with Crippen molar-refractivity contribution in [2.24, 2.45) is 0 Å². The van der Waals surface area contributed by atoms with Crippen molar-refractivity contribution >= 4 is 27.1 Å². The number of ether oxygens (including phenoxy) is 1. The maximum absolute atomic E-state index is 6.34. The Morgan fingerprint density at radius 2 is 1.63 bits per heavy atom. The maximum Gasteiger partial charge on any atom is 0.349 e. The normalized spacial score (nSPS) is 33.3. The molecule has 0 amide bonds. The third-order valence-electron chi connectivity index (χ3n) is 3.61. The summed E-state index contributed by atoms with van der Waals surface area (Å²) in [4.78, 5) is 0. The van der Waals surface area contributed by atoms with Gasteiger partial charge in [0.25, 0.3) is 0 Å². The second-order valence-corrected chi connectivity index (χ2v) is 14.5. The maximum atomic E-state index is 6.34. The van der Waals surface area contributed by atoms with Crippen molar-refractivity contribution in [3.05, 3.63) is 0 Å². The molecule has 0 aromatic heterocycles. The Balaban J connectivity index is 2.69.